The maximum atomic E-state index is 11.9. The van der Waals surface area contributed by atoms with E-state index < -0.39 is 0 Å². The molecule has 1 heterocycles. The molecular weight excluding hydrogens is 260 g/mol. The highest BCUT2D eigenvalue weighted by atomic mass is 32.2. The summed E-state index contributed by atoms with van der Waals surface area (Å²) in [7, 11) is 0. The lowest BCUT2D eigenvalue weighted by Crippen LogP contribution is -2.11. The molecule has 2 rings (SSSR count). The van der Waals surface area contributed by atoms with Gasteiger partial charge in [0.05, 0.1) is 23.6 Å². The minimum atomic E-state index is -0.206. The first kappa shape index (κ1) is 13.2. The minimum absolute atomic E-state index is 0.206. The number of anilines is 1. The van der Waals surface area contributed by atoms with Gasteiger partial charge in [-0.1, -0.05) is 12.1 Å². The summed E-state index contributed by atoms with van der Waals surface area (Å²) in [5, 5.41) is 11.4. The molecule has 1 aromatic heterocycles. The first-order valence-electron chi connectivity index (χ1n) is 5.73. The Kier molecular flexibility index (Phi) is 4.65. The van der Waals surface area contributed by atoms with Crippen molar-refractivity contribution < 1.29 is 9.21 Å². The second kappa shape index (κ2) is 6.66. The van der Waals surface area contributed by atoms with Gasteiger partial charge < -0.3 is 9.73 Å². The van der Waals surface area contributed by atoms with E-state index in [1.807, 2.05) is 24.3 Å². The Morgan fingerprint density at radius 3 is 2.95 bits per heavy atom. The van der Waals surface area contributed by atoms with Crippen LogP contribution in [0, 0.1) is 11.3 Å². The SMILES string of the molecule is N#CCCSc1ccccc1NC(=O)c1ccoc1. The fraction of sp³-hybridized carbons (Fsp3) is 0.143. The summed E-state index contributed by atoms with van der Waals surface area (Å²) in [6, 6.07) is 11.2. The maximum absolute atomic E-state index is 11.9. The predicted octanol–water partition coefficient (Wildman–Crippen LogP) is 3.54. The average molecular weight is 272 g/mol. The molecule has 0 saturated heterocycles. The van der Waals surface area contributed by atoms with Crippen LogP contribution in [0.5, 0.6) is 0 Å². The lowest BCUT2D eigenvalue weighted by Gasteiger charge is -2.09. The van der Waals surface area contributed by atoms with Gasteiger partial charge in [-0.2, -0.15) is 5.26 Å². The first-order chi connectivity index (χ1) is 9.31. The van der Waals surface area contributed by atoms with Gasteiger partial charge in [0.2, 0.25) is 0 Å². The maximum Gasteiger partial charge on any atom is 0.258 e. The van der Waals surface area contributed by atoms with E-state index in [2.05, 4.69) is 11.4 Å². The molecule has 2 aromatic rings. The molecule has 0 fully saturated rings. The third kappa shape index (κ3) is 3.63. The number of hydrogen-bond acceptors (Lipinski definition) is 4. The number of hydrogen-bond donors (Lipinski definition) is 1. The summed E-state index contributed by atoms with van der Waals surface area (Å²) in [5.74, 6) is 0.497. The second-order valence-corrected chi connectivity index (χ2v) is 4.86. The van der Waals surface area contributed by atoms with E-state index in [9.17, 15) is 4.79 Å². The van der Waals surface area contributed by atoms with Crippen molar-refractivity contribution in [1.29, 1.82) is 5.26 Å². The second-order valence-electron chi connectivity index (χ2n) is 3.72. The Labute approximate surface area is 115 Å². The average Bonchev–Trinajstić information content (AvgIpc) is 2.95. The number of amides is 1. The van der Waals surface area contributed by atoms with Crippen LogP contribution >= 0.6 is 11.8 Å². The molecule has 1 amide bonds. The molecule has 19 heavy (non-hydrogen) atoms. The molecule has 1 aromatic carbocycles. The van der Waals surface area contributed by atoms with Gasteiger partial charge in [0, 0.05) is 17.1 Å². The lowest BCUT2D eigenvalue weighted by molar-refractivity contribution is 0.102. The number of para-hydroxylation sites is 1. The summed E-state index contributed by atoms with van der Waals surface area (Å²) >= 11 is 1.55. The molecule has 96 valence electrons. The van der Waals surface area contributed by atoms with Crippen LogP contribution in [0.4, 0.5) is 5.69 Å². The van der Waals surface area contributed by atoms with Gasteiger partial charge in [0.1, 0.15) is 6.26 Å². The van der Waals surface area contributed by atoms with Crippen molar-refractivity contribution in [2.24, 2.45) is 0 Å². The zero-order chi connectivity index (χ0) is 13.5. The van der Waals surface area contributed by atoms with Gasteiger partial charge in [-0.25, -0.2) is 0 Å². The van der Waals surface area contributed by atoms with Crippen molar-refractivity contribution >= 4 is 23.4 Å². The highest BCUT2D eigenvalue weighted by Gasteiger charge is 2.09. The van der Waals surface area contributed by atoms with Crippen LogP contribution in [-0.2, 0) is 0 Å². The van der Waals surface area contributed by atoms with Crippen LogP contribution in [0.3, 0.4) is 0 Å². The zero-order valence-electron chi connectivity index (χ0n) is 10.1. The highest BCUT2D eigenvalue weighted by Crippen LogP contribution is 2.27. The van der Waals surface area contributed by atoms with E-state index in [1.165, 1.54) is 12.5 Å². The molecule has 0 bridgehead atoms. The largest absolute Gasteiger partial charge is 0.472 e. The molecule has 5 heteroatoms. The monoisotopic (exact) mass is 272 g/mol. The number of carbonyl (C=O) groups excluding carboxylic acids is 1. The van der Waals surface area contributed by atoms with E-state index in [0.29, 0.717) is 17.7 Å². The topological polar surface area (TPSA) is 66.0 Å². The summed E-state index contributed by atoms with van der Waals surface area (Å²) in [6.45, 7) is 0. The summed E-state index contributed by atoms with van der Waals surface area (Å²) < 4.78 is 4.88. The molecule has 0 saturated carbocycles. The number of nitrogens with one attached hydrogen (secondary N) is 1. The van der Waals surface area contributed by atoms with E-state index in [4.69, 9.17) is 9.68 Å². The standard InChI is InChI=1S/C14H12N2O2S/c15-7-3-9-19-13-5-2-1-4-12(13)16-14(17)11-6-8-18-10-11/h1-2,4-6,8,10H,3,9H2,(H,16,17). The quantitative estimate of drug-likeness (QED) is 0.668. The van der Waals surface area contributed by atoms with Gasteiger partial charge in [-0.3, -0.25) is 4.79 Å². The van der Waals surface area contributed by atoms with E-state index >= 15 is 0 Å². The number of carbonyl (C=O) groups is 1. The molecule has 1 N–H and O–H groups in total. The Balaban J connectivity index is 2.07. The number of nitrogens with zero attached hydrogens (tertiary/aromatic N) is 1. The van der Waals surface area contributed by atoms with Crippen LogP contribution in [0.25, 0.3) is 0 Å². The van der Waals surface area contributed by atoms with E-state index in [1.54, 1.807) is 17.8 Å². The Hall–Kier alpha value is -2.19. The Morgan fingerprint density at radius 1 is 1.37 bits per heavy atom. The van der Waals surface area contributed by atoms with Gasteiger partial charge in [0.15, 0.2) is 0 Å². The fourth-order valence-electron chi connectivity index (χ4n) is 1.49. The molecule has 4 nitrogen and oxygen atoms in total. The van der Waals surface area contributed by atoms with Gasteiger partial charge >= 0.3 is 0 Å². The summed E-state index contributed by atoms with van der Waals surface area (Å²) in [5.41, 5.74) is 1.23. The molecule has 0 unspecified atom stereocenters. The molecule has 0 atom stereocenters. The number of thioether (sulfide) groups is 1. The lowest BCUT2D eigenvalue weighted by atomic mass is 10.3. The van der Waals surface area contributed by atoms with E-state index in [0.717, 1.165) is 10.6 Å². The van der Waals surface area contributed by atoms with Crippen LogP contribution < -0.4 is 5.32 Å². The number of benzene rings is 1. The predicted molar refractivity (Wildman–Crippen MR) is 74.1 cm³/mol. The van der Waals surface area contributed by atoms with E-state index in [-0.39, 0.29) is 5.91 Å². The third-order valence-electron chi connectivity index (χ3n) is 2.39. The van der Waals surface area contributed by atoms with Crippen molar-refractivity contribution in [3.63, 3.8) is 0 Å². The molecule has 0 radical (unpaired) electrons. The minimum Gasteiger partial charge on any atom is -0.472 e. The van der Waals surface area contributed by atoms with Crippen molar-refractivity contribution in [2.75, 3.05) is 11.1 Å². The van der Waals surface area contributed by atoms with Crippen LogP contribution in [-0.4, -0.2) is 11.7 Å². The van der Waals surface area contributed by atoms with Crippen molar-refractivity contribution in [3.05, 3.63) is 48.4 Å². The summed E-state index contributed by atoms with van der Waals surface area (Å²) in [6.07, 6.45) is 3.35. The van der Waals surface area contributed by atoms with Crippen molar-refractivity contribution in [1.82, 2.24) is 0 Å². The van der Waals surface area contributed by atoms with Crippen LogP contribution in [0.15, 0.2) is 52.2 Å². The first-order valence-corrected chi connectivity index (χ1v) is 6.72. The number of nitriles is 1. The highest BCUT2D eigenvalue weighted by molar-refractivity contribution is 7.99. The molecule has 0 spiro atoms. The van der Waals surface area contributed by atoms with Crippen LogP contribution in [0.1, 0.15) is 16.8 Å². The normalized spacial score (nSPS) is 9.84. The fourth-order valence-corrected chi connectivity index (χ4v) is 2.35. The van der Waals surface area contributed by atoms with Crippen molar-refractivity contribution in [2.45, 2.75) is 11.3 Å². The molecule has 0 aliphatic rings. The smallest absolute Gasteiger partial charge is 0.258 e. The Bertz CT molecular complexity index is 588. The van der Waals surface area contributed by atoms with Crippen LogP contribution in [0.2, 0.25) is 0 Å². The molecular formula is C14H12N2O2S. The molecule has 0 aliphatic carbocycles. The zero-order valence-corrected chi connectivity index (χ0v) is 10.9. The Morgan fingerprint density at radius 2 is 2.21 bits per heavy atom. The van der Waals surface area contributed by atoms with Gasteiger partial charge in [-0.05, 0) is 18.2 Å². The number of furan rings is 1. The third-order valence-corrected chi connectivity index (χ3v) is 3.47. The number of rotatable bonds is 5. The van der Waals surface area contributed by atoms with Gasteiger partial charge in [-0.15, -0.1) is 11.8 Å². The molecule has 0 aliphatic heterocycles. The van der Waals surface area contributed by atoms with Gasteiger partial charge in [0.25, 0.3) is 5.91 Å². The summed E-state index contributed by atoms with van der Waals surface area (Å²) in [4.78, 5) is 12.9. The van der Waals surface area contributed by atoms with Crippen molar-refractivity contribution in [3.8, 4) is 6.07 Å².